The number of ether oxygens (including phenoxy) is 7. The average molecular weight is 601 g/mol. The Labute approximate surface area is 243 Å². The van der Waals surface area contributed by atoms with Gasteiger partial charge < -0.3 is 33.2 Å². The summed E-state index contributed by atoms with van der Waals surface area (Å²) in [6.07, 6.45) is 3.84. The van der Waals surface area contributed by atoms with Crippen LogP contribution in [0.4, 0.5) is 0 Å². The minimum Gasteiger partial charge on any atom is -0.499 e. The van der Waals surface area contributed by atoms with Crippen LogP contribution in [0.3, 0.4) is 0 Å². The molecular weight excluding hydrogens is 556 g/mol. The van der Waals surface area contributed by atoms with Gasteiger partial charge in [-0.05, 0) is 6.42 Å². The smallest absolute Gasteiger partial charge is 0.306 e. The van der Waals surface area contributed by atoms with Crippen LogP contribution < -0.4 is 0 Å². The summed E-state index contributed by atoms with van der Waals surface area (Å²) in [4.78, 5) is 34.7. The molecule has 0 saturated carbocycles. The topological polar surface area (TPSA) is 116 Å². The molecule has 0 unspecified atom stereocenters. The molecule has 0 saturated heterocycles. The third kappa shape index (κ3) is 24.8. The van der Waals surface area contributed by atoms with Crippen molar-refractivity contribution in [2.45, 2.75) is 32.6 Å². The summed E-state index contributed by atoms with van der Waals surface area (Å²) in [7, 11) is 0. The van der Waals surface area contributed by atoms with Gasteiger partial charge in [0.05, 0.1) is 63.6 Å². The molecule has 0 fully saturated rings. The molecule has 222 valence electrons. The number of thiol groups is 3. The van der Waals surface area contributed by atoms with Gasteiger partial charge in [0.1, 0.15) is 33.0 Å². The molecule has 0 heterocycles. The van der Waals surface area contributed by atoms with Gasteiger partial charge in [-0.15, -0.1) is 0 Å². The van der Waals surface area contributed by atoms with Crippen molar-refractivity contribution in [1.29, 1.82) is 0 Å². The summed E-state index contributed by atoms with van der Waals surface area (Å²) in [5, 5.41) is 0. The molecule has 10 nitrogen and oxygen atoms in total. The first-order valence-corrected chi connectivity index (χ1v) is 14.1. The second kappa shape index (κ2) is 28.5. The predicted molar refractivity (Wildman–Crippen MR) is 155 cm³/mol. The Morgan fingerprint density at radius 2 is 0.947 bits per heavy atom. The van der Waals surface area contributed by atoms with Crippen molar-refractivity contribution in [3.63, 3.8) is 0 Å². The molecule has 0 aromatic rings. The molecule has 0 bridgehead atoms. The maximum absolute atomic E-state index is 11.6. The maximum atomic E-state index is 11.6. The molecule has 0 N–H and O–H groups in total. The third-order valence-corrected chi connectivity index (χ3v) is 5.29. The highest BCUT2D eigenvalue weighted by molar-refractivity contribution is 7.80. The Kier molecular flexibility index (Phi) is 28.9. The Morgan fingerprint density at radius 1 is 0.632 bits per heavy atom. The molecule has 0 rings (SSSR count). The van der Waals surface area contributed by atoms with Crippen LogP contribution in [0.25, 0.3) is 0 Å². The number of carbonyl (C=O) groups is 3. The lowest BCUT2D eigenvalue weighted by atomic mass is 9.88. The van der Waals surface area contributed by atoms with Crippen molar-refractivity contribution in [3.8, 4) is 0 Å². The minimum atomic E-state index is -0.773. The average Bonchev–Trinajstić information content (AvgIpc) is 2.90. The highest BCUT2D eigenvalue weighted by atomic mass is 32.1. The SMILES string of the molecule is C=COCCOCCOCCOC=C.CCC(COC(=O)CCS)(COC(=O)CCS)COC(=O)CCS. The first-order valence-electron chi connectivity index (χ1n) is 12.2. The van der Waals surface area contributed by atoms with E-state index in [-0.39, 0.29) is 39.1 Å². The lowest BCUT2D eigenvalue weighted by molar-refractivity contribution is -0.161. The molecule has 38 heavy (non-hydrogen) atoms. The molecule has 0 spiro atoms. The highest BCUT2D eigenvalue weighted by Crippen LogP contribution is 2.25. The van der Waals surface area contributed by atoms with Crippen molar-refractivity contribution in [2.75, 3.05) is 76.7 Å². The van der Waals surface area contributed by atoms with Gasteiger partial charge >= 0.3 is 17.9 Å². The monoisotopic (exact) mass is 600 g/mol. The maximum Gasteiger partial charge on any atom is 0.306 e. The summed E-state index contributed by atoms with van der Waals surface area (Å²) in [5.74, 6) is -0.0488. The zero-order chi connectivity index (χ0) is 28.9. The summed E-state index contributed by atoms with van der Waals surface area (Å²) < 4.78 is 35.8. The first kappa shape index (κ1) is 38.6. The van der Waals surface area contributed by atoms with Crippen LogP contribution in [-0.4, -0.2) is 94.6 Å². The van der Waals surface area contributed by atoms with Crippen LogP contribution in [0.2, 0.25) is 0 Å². The Hall–Kier alpha value is -1.54. The lowest BCUT2D eigenvalue weighted by Crippen LogP contribution is -2.39. The predicted octanol–water partition coefficient (Wildman–Crippen LogP) is 3.31. The third-order valence-electron chi connectivity index (χ3n) is 4.61. The molecule has 13 heteroatoms. The molecule has 0 aromatic carbocycles. The minimum absolute atomic E-state index is 0.00157. The van der Waals surface area contributed by atoms with Gasteiger partial charge in [-0.1, -0.05) is 20.1 Å². The fraction of sp³-hybridized carbons (Fsp3) is 0.720. The van der Waals surface area contributed by atoms with Crippen LogP contribution in [0.5, 0.6) is 0 Å². The van der Waals surface area contributed by atoms with E-state index in [0.29, 0.717) is 63.3 Å². The van der Waals surface area contributed by atoms with E-state index in [1.165, 1.54) is 12.5 Å². The van der Waals surface area contributed by atoms with E-state index in [1.807, 2.05) is 6.92 Å². The van der Waals surface area contributed by atoms with Crippen LogP contribution in [0.15, 0.2) is 25.7 Å². The van der Waals surface area contributed by atoms with Gasteiger partial charge in [0.2, 0.25) is 0 Å². The Morgan fingerprint density at radius 3 is 1.21 bits per heavy atom. The van der Waals surface area contributed by atoms with Gasteiger partial charge in [0.15, 0.2) is 0 Å². The fourth-order valence-electron chi connectivity index (χ4n) is 2.33. The van der Waals surface area contributed by atoms with Crippen LogP contribution in [0.1, 0.15) is 32.6 Å². The van der Waals surface area contributed by atoms with Gasteiger partial charge in [-0.3, -0.25) is 14.4 Å². The fourth-order valence-corrected chi connectivity index (χ4v) is 2.87. The molecule has 0 aliphatic heterocycles. The Bertz CT molecular complexity index is 563. The van der Waals surface area contributed by atoms with Crippen molar-refractivity contribution < 1.29 is 47.5 Å². The Balaban J connectivity index is 0. The van der Waals surface area contributed by atoms with Gasteiger partial charge in [-0.2, -0.15) is 37.9 Å². The second-order valence-corrected chi connectivity index (χ2v) is 8.90. The molecule has 0 amide bonds. The largest absolute Gasteiger partial charge is 0.499 e. The lowest BCUT2D eigenvalue weighted by Gasteiger charge is -2.31. The van der Waals surface area contributed by atoms with Gasteiger partial charge in [-0.25, -0.2) is 0 Å². The number of hydrogen-bond donors (Lipinski definition) is 3. The van der Waals surface area contributed by atoms with Crippen molar-refractivity contribution in [3.05, 3.63) is 25.7 Å². The van der Waals surface area contributed by atoms with Crippen LogP contribution in [0, 0.1) is 5.41 Å². The molecule has 0 radical (unpaired) electrons. The number of carbonyl (C=O) groups excluding carboxylic acids is 3. The number of rotatable bonds is 24. The van der Waals surface area contributed by atoms with E-state index >= 15 is 0 Å². The molecule has 0 atom stereocenters. The van der Waals surface area contributed by atoms with Gasteiger partial charge in [0.25, 0.3) is 0 Å². The normalized spacial score (nSPS) is 10.4. The van der Waals surface area contributed by atoms with Gasteiger partial charge in [0, 0.05) is 17.3 Å². The van der Waals surface area contributed by atoms with Crippen LogP contribution in [-0.2, 0) is 47.5 Å². The standard InChI is InChI=1S/C15H26O6S3.C10H18O4/c1-2-15(9-19-12(16)3-6-22,10-20-13(17)4-7-23)11-21-14(18)5-8-24;1-3-11-5-7-13-9-10-14-8-6-12-4-2/h22-24H,2-11H2,1H3;3-4H,1-2,5-10H2. The molecule has 0 aliphatic rings. The number of esters is 3. The van der Waals surface area contributed by atoms with Crippen molar-refractivity contribution >= 4 is 55.8 Å². The highest BCUT2D eigenvalue weighted by Gasteiger charge is 2.34. The van der Waals surface area contributed by atoms with E-state index in [9.17, 15) is 14.4 Å². The molecular formula is C25H44O10S3. The summed E-state index contributed by atoms with van der Waals surface area (Å²) in [6.45, 7) is 12.0. The zero-order valence-corrected chi connectivity index (χ0v) is 25.0. The van der Waals surface area contributed by atoms with E-state index in [1.54, 1.807) is 0 Å². The second-order valence-electron chi connectivity index (χ2n) is 7.56. The van der Waals surface area contributed by atoms with Crippen molar-refractivity contribution in [2.24, 2.45) is 5.41 Å². The van der Waals surface area contributed by atoms with Crippen LogP contribution >= 0.6 is 37.9 Å². The zero-order valence-electron chi connectivity index (χ0n) is 22.3. The van der Waals surface area contributed by atoms with Crippen molar-refractivity contribution in [1.82, 2.24) is 0 Å². The summed E-state index contributed by atoms with van der Waals surface area (Å²) >= 11 is 11.9. The van der Waals surface area contributed by atoms with E-state index < -0.39 is 23.3 Å². The molecule has 0 aromatic heterocycles. The first-order chi connectivity index (χ1) is 18.3. The number of hydrogen-bond acceptors (Lipinski definition) is 13. The van der Waals surface area contributed by atoms with E-state index in [4.69, 9.17) is 33.2 Å². The van der Waals surface area contributed by atoms with E-state index in [0.717, 1.165) is 0 Å². The molecule has 0 aliphatic carbocycles. The summed E-state index contributed by atoms with van der Waals surface area (Å²) in [5.41, 5.74) is -0.773. The summed E-state index contributed by atoms with van der Waals surface area (Å²) in [6, 6.07) is 0. The quantitative estimate of drug-likeness (QED) is 0.0501. The van der Waals surface area contributed by atoms with E-state index in [2.05, 4.69) is 51.0 Å².